The zero-order valence-electron chi connectivity index (χ0n) is 38.2. The lowest BCUT2D eigenvalue weighted by Gasteiger charge is -2.12. The van der Waals surface area contributed by atoms with Crippen molar-refractivity contribution in [2.24, 2.45) is 0 Å². The molecule has 0 N–H and O–H groups in total. The summed E-state index contributed by atoms with van der Waals surface area (Å²) < 4.78 is 34.7. The highest BCUT2D eigenvalue weighted by atomic mass is 16.6. The Kier molecular flexibility index (Phi) is 31.8. The first-order valence-corrected chi connectivity index (χ1v) is 21.0. The van der Waals surface area contributed by atoms with Gasteiger partial charge in [-0.05, 0) is 109 Å². The first-order valence-electron chi connectivity index (χ1n) is 21.0. The summed E-state index contributed by atoms with van der Waals surface area (Å²) >= 11 is 0. The van der Waals surface area contributed by atoms with Gasteiger partial charge in [0, 0.05) is 0 Å². The first-order chi connectivity index (χ1) is 27.8. The van der Waals surface area contributed by atoms with Crippen LogP contribution in [0.3, 0.4) is 0 Å². The third-order valence-electron chi connectivity index (χ3n) is 7.21. The van der Waals surface area contributed by atoms with Crippen LogP contribution in [0.25, 0.3) is 36.5 Å². The van der Waals surface area contributed by atoms with Crippen molar-refractivity contribution >= 4 is 36.5 Å². The molecule has 0 spiro atoms. The van der Waals surface area contributed by atoms with Crippen molar-refractivity contribution in [3.8, 4) is 17.2 Å². The minimum atomic E-state index is 0.193. The Labute approximate surface area is 348 Å². The van der Waals surface area contributed by atoms with Crippen LogP contribution in [0.1, 0.15) is 137 Å². The monoisotopic (exact) mass is 785 g/mol. The van der Waals surface area contributed by atoms with Crippen LogP contribution in [0.4, 0.5) is 0 Å². The zero-order chi connectivity index (χ0) is 43.8. The fraction of sp³-hybridized carbons (Fsp3) is 0.412. The van der Waals surface area contributed by atoms with Gasteiger partial charge >= 0.3 is 0 Å². The molecule has 2 unspecified atom stereocenters. The smallest absolute Gasteiger partial charge is 0.127 e. The average Bonchev–Trinajstić information content (AvgIpc) is 4.21. The van der Waals surface area contributed by atoms with Gasteiger partial charge in [0.1, 0.15) is 54.2 Å². The molecule has 0 aliphatic carbocycles. The van der Waals surface area contributed by atoms with E-state index in [1.807, 2.05) is 195 Å². The standard InChI is InChI=1S/C39H40O6.6C2H6/c1-7-29-10-13-35(41-23-39-25-43-39)19-33(29)17-27(5)44-37-15-12-31(9-3)34(21-37)18-28(6)45-36-14-11-30(8-2)32(20-36)16-26(4)40-22-38-24-42-38;6*1-2/h7-21,38-39H,1-3,22-25H2,4-6H3;6*1-2H3/b26-16+,27-17+,28-18+;;;;;;. The van der Waals surface area contributed by atoms with E-state index < -0.39 is 0 Å². The predicted molar refractivity (Wildman–Crippen MR) is 251 cm³/mol. The Balaban J connectivity index is 0. The second kappa shape index (κ2) is 33.4. The topological polar surface area (TPSA) is 62.0 Å². The van der Waals surface area contributed by atoms with Gasteiger partial charge in [0.25, 0.3) is 0 Å². The quantitative estimate of drug-likeness (QED) is 0.106. The van der Waals surface area contributed by atoms with E-state index in [9.17, 15) is 0 Å². The number of ether oxygens (including phenoxy) is 6. The summed E-state index contributed by atoms with van der Waals surface area (Å²) in [7, 11) is 0. The van der Waals surface area contributed by atoms with Crippen molar-refractivity contribution < 1.29 is 28.4 Å². The van der Waals surface area contributed by atoms with Gasteiger partial charge in [0.15, 0.2) is 0 Å². The van der Waals surface area contributed by atoms with Crippen LogP contribution < -0.4 is 14.2 Å². The van der Waals surface area contributed by atoms with Gasteiger partial charge < -0.3 is 28.4 Å². The van der Waals surface area contributed by atoms with Gasteiger partial charge in [-0.1, -0.05) is 139 Å². The number of hydrogen-bond acceptors (Lipinski definition) is 6. The van der Waals surface area contributed by atoms with Gasteiger partial charge in [0.2, 0.25) is 0 Å². The molecule has 3 aromatic carbocycles. The lowest BCUT2D eigenvalue weighted by Crippen LogP contribution is -2.04. The van der Waals surface area contributed by atoms with Crippen molar-refractivity contribution in [2.45, 2.75) is 116 Å². The highest BCUT2D eigenvalue weighted by molar-refractivity contribution is 5.69. The van der Waals surface area contributed by atoms with E-state index in [2.05, 4.69) is 19.7 Å². The molecule has 2 aliphatic rings. The van der Waals surface area contributed by atoms with Crippen LogP contribution in [0.15, 0.2) is 91.6 Å². The summed E-state index contributed by atoms with van der Waals surface area (Å²) in [5.41, 5.74) is 5.78. The molecule has 2 fully saturated rings. The number of benzene rings is 3. The summed E-state index contributed by atoms with van der Waals surface area (Å²) in [6.45, 7) is 44.3. The predicted octanol–water partition coefficient (Wildman–Crippen LogP) is 15.2. The fourth-order valence-corrected chi connectivity index (χ4v) is 4.68. The average molecular weight is 785 g/mol. The van der Waals surface area contributed by atoms with E-state index in [0.29, 0.717) is 30.5 Å². The second-order valence-corrected chi connectivity index (χ2v) is 11.0. The van der Waals surface area contributed by atoms with Crippen LogP contribution in [-0.2, 0) is 14.2 Å². The van der Waals surface area contributed by atoms with E-state index in [0.717, 1.165) is 63.9 Å². The molecule has 2 heterocycles. The van der Waals surface area contributed by atoms with E-state index in [4.69, 9.17) is 28.4 Å². The Hall–Kier alpha value is -4.78. The van der Waals surface area contributed by atoms with Crippen molar-refractivity contribution in [3.63, 3.8) is 0 Å². The van der Waals surface area contributed by atoms with E-state index in [1.165, 1.54) is 0 Å². The Bertz CT molecular complexity index is 1650. The molecule has 2 atom stereocenters. The molecule has 0 saturated carbocycles. The number of hydrogen-bond donors (Lipinski definition) is 0. The molecule has 0 amide bonds. The Morgan fingerprint density at radius 1 is 0.491 bits per heavy atom. The van der Waals surface area contributed by atoms with Crippen LogP contribution in [-0.4, -0.2) is 38.6 Å². The maximum Gasteiger partial charge on any atom is 0.127 e. The highest BCUT2D eigenvalue weighted by Gasteiger charge is 2.23. The summed E-state index contributed by atoms with van der Waals surface area (Å²) in [6, 6.07) is 17.7. The summed E-state index contributed by atoms with van der Waals surface area (Å²) in [4.78, 5) is 0. The lowest BCUT2D eigenvalue weighted by atomic mass is 10.1. The molecule has 0 aromatic heterocycles. The SMILES string of the molecule is C=Cc1ccc(OCC2CO2)cc1/C=C(\C)Oc1ccc(C=C)c(/C=C(\C)Oc2ccc(C=C)c(/C=C(\C)OCC3CO3)c2)c1.CC.CC.CC.CC.CC.CC. The van der Waals surface area contributed by atoms with Crippen LogP contribution in [0.2, 0.25) is 0 Å². The van der Waals surface area contributed by atoms with Crippen LogP contribution in [0, 0.1) is 0 Å². The van der Waals surface area contributed by atoms with Gasteiger partial charge in [-0.15, -0.1) is 0 Å². The molecular weight excluding hydrogens is 709 g/mol. The minimum Gasteiger partial charge on any atom is -0.495 e. The summed E-state index contributed by atoms with van der Waals surface area (Å²) in [6.07, 6.45) is 11.8. The first kappa shape index (κ1) is 54.3. The maximum absolute atomic E-state index is 6.25. The normalized spacial score (nSPS) is 14.6. The Morgan fingerprint density at radius 3 is 1.16 bits per heavy atom. The van der Waals surface area contributed by atoms with Crippen molar-refractivity contribution in [3.05, 3.63) is 125 Å². The molecule has 316 valence electrons. The van der Waals surface area contributed by atoms with Crippen LogP contribution >= 0.6 is 0 Å². The molecule has 0 bridgehead atoms. The van der Waals surface area contributed by atoms with Gasteiger partial charge in [-0.2, -0.15) is 0 Å². The van der Waals surface area contributed by atoms with E-state index >= 15 is 0 Å². The maximum atomic E-state index is 6.25. The molecule has 5 rings (SSSR count). The molecular formula is C51H76O6. The fourth-order valence-electron chi connectivity index (χ4n) is 4.68. The second-order valence-electron chi connectivity index (χ2n) is 11.0. The molecule has 57 heavy (non-hydrogen) atoms. The van der Waals surface area contributed by atoms with Crippen molar-refractivity contribution in [1.82, 2.24) is 0 Å². The largest absolute Gasteiger partial charge is 0.495 e. The van der Waals surface area contributed by atoms with Gasteiger partial charge in [-0.25, -0.2) is 0 Å². The highest BCUT2D eigenvalue weighted by Crippen LogP contribution is 2.28. The third-order valence-corrected chi connectivity index (χ3v) is 7.21. The lowest BCUT2D eigenvalue weighted by molar-refractivity contribution is 0.187. The van der Waals surface area contributed by atoms with E-state index in [-0.39, 0.29) is 12.2 Å². The van der Waals surface area contributed by atoms with Crippen LogP contribution in [0.5, 0.6) is 17.2 Å². The molecule has 2 saturated heterocycles. The zero-order valence-corrected chi connectivity index (χ0v) is 38.2. The molecule has 2 aliphatic heterocycles. The van der Waals surface area contributed by atoms with E-state index in [1.54, 1.807) is 0 Å². The number of allylic oxidation sites excluding steroid dienone is 3. The summed E-state index contributed by atoms with van der Waals surface area (Å²) in [5, 5.41) is 0. The Morgan fingerprint density at radius 2 is 0.807 bits per heavy atom. The summed E-state index contributed by atoms with van der Waals surface area (Å²) in [5.74, 6) is 4.43. The van der Waals surface area contributed by atoms with Crippen molar-refractivity contribution in [1.29, 1.82) is 0 Å². The molecule has 6 nitrogen and oxygen atoms in total. The minimum absolute atomic E-state index is 0.193. The molecule has 3 aromatic rings. The van der Waals surface area contributed by atoms with Crippen molar-refractivity contribution in [2.75, 3.05) is 26.4 Å². The third kappa shape index (κ3) is 21.4. The molecule has 6 heteroatoms. The van der Waals surface area contributed by atoms with Gasteiger partial charge in [0.05, 0.1) is 19.0 Å². The number of rotatable bonds is 16. The van der Waals surface area contributed by atoms with Gasteiger partial charge in [-0.3, -0.25) is 0 Å². The number of epoxide rings is 2. The molecule has 0 radical (unpaired) electrons.